The minimum atomic E-state index is 0.638. The fourth-order valence-corrected chi connectivity index (χ4v) is 4.48. The van der Waals surface area contributed by atoms with E-state index in [2.05, 4.69) is 75.3 Å². The molecule has 210 valence electrons. The summed E-state index contributed by atoms with van der Waals surface area (Å²) in [5.41, 5.74) is 9.61. The van der Waals surface area contributed by atoms with Gasteiger partial charge in [0.25, 0.3) is 0 Å². The zero-order valence-electron chi connectivity index (χ0n) is 24.4. The molecule has 4 rings (SSSR count). The van der Waals surface area contributed by atoms with E-state index >= 15 is 0 Å². The summed E-state index contributed by atoms with van der Waals surface area (Å²) in [6.07, 6.45) is 15.3. The summed E-state index contributed by atoms with van der Waals surface area (Å²) in [4.78, 5) is 8.80. The third kappa shape index (κ3) is 6.80. The number of aromatic nitrogens is 4. The normalized spacial score (nSPS) is 12.6. The van der Waals surface area contributed by atoms with Gasteiger partial charge >= 0.3 is 0 Å². The van der Waals surface area contributed by atoms with Crippen LogP contribution in [0.15, 0.2) is 128 Å². The molecule has 3 aromatic heterocycles. The summed E-state index contributed by atoms with van der Waals surface area (Å²) in [5, 5.41) is 15.9. The average Bonchev–Trinajstić information content (AvgIpc) is 3.39. The lowest BCUT2D eigenvalue weighted by Crippen LogP contribution is -2.24. The molecule has 0 saturated carbocycles. The molecule has 6 heteroatoms. The molecule has 3 N–H and O–H groups in total. The van der Waals surface area contributed by atoms with Gasteiger partial charge in [-0.25, -0.2) is 0 Å². The Kier molecular flexibility index (Phi) is 9.64. The molecule has 0 aliphatic carbocycles. The summed E-state index contributed by atoms with van der Waals surface area (Å²) >= 11 is 0. The lowest BCUT2D eigenvalue weighted by molar-refractivity contribution is 1.05. The fourth-order valence-electron chi connectivity index (χ4n) is 4.48. The van der Waals surface area contributed by atoms with Gasteiger partial charge in [-0.05, 0) is 79.5 Å². The fraction of sp³-hybridized carbons (Fsp3) is 0.0833. The molecule has 4 aromatic rings. The summed E-state index contributed by atoms with van der Waals surface area (Å²) in [6, 6.07) is 15.8. The first-order valence-corrected chi connectivity index (χ1v) is 13.6. The monoisotopic (exact) mass is 552 g/mol. The molecule has 42 heavy (non-hydrogen) atoms. The Labute approximate surface area is 247 Å². The van der Waals surface area contributed by atoms with E-state index in [1.807, 2.05) is 75.4 Å². The van der Waals surface area contributed by atoms with E-state index in [9.17, 15) is 0 Å². The minimum Gasteiger partial charge on any atom is -0.356 e. The number of rotatable bonds is 11. The summed E-state index contributed by atoms with van der Waals surface area (Å²) in [5.74, 6) is 0. The van der Waals surface area contributed by atoms with Gasteiger partial charge in [-0.15, -0.1) is 0 Å². The first-order valence-electron chi connectivity index (χ1n) is 13.6. The second-order valence-corrected chi connectivity index (χ2v) is 9.55. The number of allylic oxidation sites excluding steroid dienone is 6. The van der Waals surface area contributed by atoms with E-state index in [1.54, 1.807) is 24.7 Å². The Morgan fingerprint density at radius 1 is 0.929 bits per heavy atom. The van der Waals surface area contributed by atoms with Crippen molar-refractivity contribution in [3.05, 3.63) is 155 Å². The summed E-state index contributed by atoms with van der Waals surface area (Å²) < 4.78 is 0. The summed E-state index contributed by atoms with van der Waals surface area (Å²) in [6.45, 7) is 22.7. The molecular formula is C36H36N6. The maximum Gasteiger partial charge on any atom is 0.115 e. The van der Waals surface area contributed by atoms with Gasteiger partial charge in [0.05, 0.1) is 16.7 Å². The van der Waals surface area contributed by atoms with E-state index in [1.165, 1.54) is 0 Å². The molecular weight excluding hydrogens is 516 g/mol. The highest BCUT2D eigenvalue weighted by Crippen LogP contribution is 2.27. The van der Waals surface area contributed by atoms with E-state index in [-0.39, 0.29) is 0 Å². The molecule has 0 amide bonds. The van der Waals surface area contributed by atoms with Crippen LogP contribution in [0.1, 0.15) is 30.7 Å². The van der Waals surface area contributed by atoms with E-state index in [0.717, 1.165) is 55.8 Å². The molecule has 0 spiro atoms. The third-order valence-electron chi connectivity index (χ3n) is 6.80. The molecule has 0 aliphatic heterocycles. The van der Waals surface area contributed by atoms with Gasteiger partial charge in [-0.3, -0.25) is 15.1 Å². The maximum atomic E-state index is 4.57. The Morgan fingerprint density at radius 3 is 2.36 bits per heavy atom. The number of H-pyrrole nitrogens is 1. The van der Waals surface area contributed by atoms with Crippen LogP contribution in [-0.4, -0.2) is 20.2 Å². The predicted octanol–water partition coefficient (Wildman–Crippen LogP) is 6.67. The highest BCUT2D eigenvalue weighted by Gasteiger charge is 2.12. The Hall–Kier alpha value is -5.49. The van der Waals surface area contributed by atoms with Crippen LogP contribution in [0.5, 0.6) is 0 Å². The molecule has 0 bridgehead atoms. The minimum absolute atomic E-state index is 0.638. The zero-order chi connectivity index (χ0) is 30.1. The van der Waals surface area contributed by atoms with Crippen LogP contribution in [0.4, 0.5) is 5.69 Å². The van der Waals surface area contributed by atoms with Crippen molar-refractivity contribution >= 4 is 29.7 Å². The molecule has 0 aliphatic rings. The van der Waals surface area contributed by atoms with Crippen molar-refractivity contribution in [2.45, 2.75) is 20.8 Å². The Balaban J connectivity index is 1.63. The molecule has 1 aromatic carbocycles. The second kappa shape index (κ2) is 13.7. The highest BCUT2D eigenvalue weighted by molar-refractivity contribution is 5.79. The number of nitrogens with zero attached hydrogens (tertiary/aromatic N) is 3. The first kappa shape index (κ1) is 29.5. The molecule has 0 radical (unpaired) electrons. The number of aromatic amines is 1. The number of anilines is 1. The largest absolute Gasteiger partial charge is 0.356 e. The number of pyridine rings is 2. The van der Waals surface area contributed by atoms with Crippen molar-refractivity contribution in [2.24, 2.45) is 0 Å². The second-order valence-electron chi connectivity index (χ2n) is 9.55. The Bertz CT molecular complexity index is 1810. The van der Waals surface area contributed by atoms with Crippen LogP contribution >= 0.6 is 0 Å². The zero-order valence-corrected chi connectivity index (χ0v) is 24.4. The number of hydrogen-bond acceptors (Lipinski definition) is 5. The number of nitrogens with one attached hydrogen (secondary N) is 3. The molecule has 6 nitrogen and oxygen atoms in total. The lowest BCUT2D eigenvalue weighted by atomic mass is 10.0. The van der Waals surface area contributed by atoms with Crippen molar-refractivity contribution in [3.8, 4) is 11.3 Å². The van der Waals surface area contributed by atoms with Gasteiger partial charge in [-0.1, -0.05) is 68.8 Å². The van der Waals surface area contributed by atoms with Crippen molar-refractivity contribution < 1.29 is 0 Å². The average molecular weight is 553 g/mol. The summed E-state index contributed by atoms with van der Waals surface area (Å²) in [7, 11) is 0. The molecule has 0 fully saturated rings. The van der Waals surface area contributed by atoms with Crippen molar-refractivity contribution in [1.82, 2.24) is 25.5 Å². The van der Waals surface area contributed by atoms with Crippen molar-refractivity contribution in [3.63, 3.8) is 0 Å². The van der Waals surface area contributed by atoms with E-state index in [4.69, 9.17) is 0 Å². The van der Waals surface area contributed by atoms with Crippen LogP contribution in [0, 0.1) is 6.92 Å². The van der Waals surface area contributed by atoms with Crippen molar-refractivity contribution in [2.75, 3.05) is 5.32 Å². The van der Waals surface area contributed by atoms with Gasteiger partial charge in [-0.2, -0.15) is 5.10 Å². The predicted molar refractivity (Wildman–Crippen MR) is 177 cm³/mol. The van der Waals surface area contributed by atoms with E-state index < -0.39 is 0 Å². The molecule has 3 heterocycles. The van der Waals surface area contributed by atoms with Crippen LogP contribution in [-0.2, 0) is 0 Å². The van der Waals surface area contributed by atoms with Crippen LogP contribution < -0.4 is 21.2 Å². The molecule has 0 unspecified atom stereocenters. The smallest absolute Gasteiger partial charge is 0.115 e. The lowest BCUT2D eigenvalue weighted by Gasteiger charge is -2.14. The van der Waals surface area contributed by atoms with Gasteiger partial charge in [0.2, 0.25) is 0 Å². The van der Waals surface area contributed by atoms with Gasteiger partial charge in [0, 0.05) is 46.5 Å². The molecule has 0 saturated heterocycles. The highest BCUT2D eigenvalue weighted by atomic mass is 15.1. The Morgan fingerprint density at radius 2 is 1.69 bits per heavy atom. The van der Waals surface area contributed by atoms with Gasteiger partial charge in [0.15, 0.2) is 0 Å². The van der Waals surface area contributed by atoms with Gasteiger partial charge in [0.1, 0.15) is 5.69 Å². The SMILES string of the molecule is C=C\C(=C/C(=C\C)C(/C=c1/c(C(=C)Nc2ccnc(-c3cccnc3)c2C)n[nH]c1=C)=C/C)NC(=C)c1ccccc1. The number of hydrogen-bond donors (Lipinski definition) is 3. The topological polar surface area (TPSA) is 78.5 Å². The van der Waals surface area contributed by atoms with E-state index in [0.29, 0.717) is 16.7 Å². The van der Waals surface area contributed by atoms with Crippen molar-refractivity contribution in [1.29, 1.82) is 0 Å². The standard InChI is InChI=1S/C36H36N6/c1-8-28(21-32(10-3)39-25(5)30-15-12-11-13-16-30)29(9-2)22-33-26(6)41-42-36(33)27(7)40-34-18-20-38-35(24(34)4)31-17-14-19-37-23-31/h8-23,39,41H,3,5-7H2,1-2,4H3,(H,38,40)/b28-8+,29-9+,32-21+,33-22+. The number of benzene rings is 1. The van der Waals surface area contributed by atoms with Gasteiger partial charge < -0.3 is 10.6 Å². The third-order valence-corrected chi connectivity index (χ3v) is 6.80. The maximum absolute atomic E-state index is 4.57. The van der Waals surface area contributed by atoms with Crippen LogP contribution in [0.3, 0.4) is 0 Å². The quantitative estimate of drug-likeness (QED) is 0.181. The van der Waals surface area contributed by atoms with Crippen LogP contribution in [0.25, 0.3) is 35.3 Å². The van der Waals surface area contributed by atoms with Crippen LogP contribution in [0.2, 0.25) is 0 Å². The molecule has 0 atom stereocenters. The first-order chi connectivity index (χ1) is 20.4.